The number of non-ortho nitro benzene ring substituents is 1. The molecule has 1 heterocycles. The summed E-state index contributed by atoms with van der Waals surface area (Å²) in [7, 11) is 0. The predicted molar refractivity (Wildman–Crippen MR) is 79.7 cm³/mol. The van der Waals surface area contributed by atoms with Crippen molar-refractivity contribution in [1.82, 2.24) is 20.2 Å². The molecule has 1 aromatic heterocycles. The second-order valence-corrected chi connectivity index (χ2v) is 4.70. The fourth-order valence-electron chi connectivity index (χ4n) is 2.20. The van der Waals surface area contributed by atoms with Crippen LogP contribution in [0.15, 0.2) is 54.6 Å². The lowest BCUT2D eigenvalue weighted by molar-refractivity contribution is -0.384. The third-order valence-corrected chi connectivity index (χ3v) is 3.32. The van der Waals surface area contributed by atoms with Crippen molar-refractivity contribution in [3.05, 3.63) is 76.1 Å². The van der Waals surface area contributed by atoms with Gasteiger partial charge in [-0.25, -0.2) is 0 Å². The number of tetrazole rings is 1. The minimum atomic E-state index is -0.731. The molecule has 0 saturated carbocycles. The number of nitro benzene ring substituents is 1. The van der Waals surface area contributed by atoms with Gasteiger partial charge in [-0.15, -0.1) is 5.10 Å². The molecule has 1 unspecified atom stereocenters. The third kappa shape index (κ3) is 2.75. The molecule has 23 heavy (non-hydrogen) atoms. The van der Waals surface area contributed by atoms with Crippen LogP contribution in [0.1, 0.15) is 17.3 Å². The molecule has 3 aromatic rings. The Bertz CT molecular complexity index is 867. The van der Waals surface area contributed by atoms with Crippen molar-refractivity contribution in [3.8, 4) is 11.8 Å². The van der Waals surface area contributed by atoms with Gasteiger partial charge in [0.2, 0.25) is 0 Å². The lowest BCUT2D eigenvalue weighted by atomic mass is 9.99. The van der Waals surface area contributed by atoms with Crippen molar-refractivity contribution in [2.45, 2.75) is 5.92 Å². The van der Waals surface area contributed by atoms with Crippen LogP contribution in [0.3, 0.4) is 0 Å². The highest BCUT2D eigenvalue weighted by Gasteiger charge is 2.22. The van der Waals surface area contributed by atoms with E-state index in [1.165, 1.54) is 28.9 Å². The zero-order valence-electron chi connectivity index (χ0n) is 11.8. The lowest BCUT2D eigenvalue weighted by Gasteiger charge is -2.09. The molecule has 0 aliphatic rings. The Labute approximate surface area is 130 Å². The summed E-state index contributed by atoms with van der Waals surface area (Å²) in [6.07, 6.45) is 0. The molecule has 0 spiro atoms. The van der Waals surface area contributed by atoms with Crippen molar-refractivity contribution in [1.29, 1.82) is 5.26 Å². The van der Waals surface area contributed by atoms with Gasteiger partial charge in [-0.05, 0) is 28.1 Å². The normalized spacial score (nSPS) is 11.6. The maximum absolute atomic E-state index is 10.7. The number of benzene rings is 2. The molecule has 0 fully saturated rings. The molecule has 2 aromatic carbocycles. The molecule has 112 valence electrons. The largest absolute Gasteiger partial charge is 0.269 e. The summed E-state index contributed by atoms with van der Waals surface area (Å²) in [5.74, 6) is -0.376. The molecule has 0 saturated heterocycles. The average molecular weight is 306 g/mol. The fourth-order valence-corrected chi connectivity index (χ4v) is 2.20. The molecule has 0 N–H and O–H groups in total. The maximum atomic E-state index is 10.7. The van der Waals surface area contributed by atoms with E-state index in [2.05, 4.69) is 21.6 Å². The van der Waals surface area contributed by atoms with Gasteiger partial charge in [-0.2, -0.15) is 9.94 Å². The standard InChI is InChI=1S/C15H10N6O2/c16-10-14(11-6-8-13(9-7-11)21(22)23)15-17-18-19-20(15)12-4-2-1-3-5-12/h1-9,14H. The second kappa shape index (κ2) is 6.03. The van der Waals surface area contributed by atoms with Crippen LogP contribution in [-0.2, 0) is 0 Å². The first-order valence-electron chi connectivity index (χ1n) is 6.68. The smallest absolute Gasteiger partial charge is 0.258 e. The van der Waals surface area contributed by atoms with E-state index in [1.807, 2.05) is 30.3 Å². The molecule has 3 rings (SSSR count). The minimum absolute atomic E-state index is 0.0342. The van der Waals surface area contributed by atoms with E-state index in [-0.39, 0.29) is 5.69 Å². The van der Waals surface area contributed by atoms with Gasteiger partial charge < -0.3 is 0 Å². The van der Waals surface area contributed by atoms with Crippen LogP contribution in [0.2, 0.25) is 0 Å². The molecule has 0 bridgehead atoms. The molecule has 0 amide bonds. The van der Waals surface area contributed by atoms with Gasteiger partial charge in [0.05, 0.1) is 16.7 Å². The Morgan fingerprint density at radius 1 is 1.13 bits per heavy atom. The monoisotopic (exact) mass is 306 g/mol. The van der Waals surface area contributed by atoms with Crippen LogP contribution in [0.25, 0.3) is 5.69 Å². The van der Waals surface area contributed by atoms with E-state index >= 15 is 0 Å². The van der Waals surface area contributed by atoms with Gasteiger partial charge in [0.25, 0.3) is 5.69 Å². The highest BCUT2D eigenvalue weighted by molar-refractivity contribution is 5.41. The number of para-hydroxylation sites is 1. The van der Waals surface area contributed by atoms with E-state index in [4.69, 9.17) is 0 Å². The summed E-state index contributed by atoms with van der Waals surface area (Å²) >= 11 is 0. The highest BCUT2D eigenvalue weighted by atomic mass is 16.6. The van der Waals surface area contributed by atoms with Crippen LogP contribution in [0.4, 0.5) is 5.69 Å². The molecular formula is C15H10N6O2. The Hall–Kier alpha value is -3.60. The molecule has 8 nitrogen and oxygen atoms in total. The zero-order chi connectivity index (χ0) is 16.2. The van der Waals surface area contributed by atoms with Crippen molar-refractivity contribution in [2.24, 2.45) is 0 Å². The van der Waals surface area contributed by atoms with Gasteiger partial charge in [0.1, 0.15) is 5.92 Å². The number of aromatic nitrogens is 4. The van der Waals surface area contributed by atoms with E-state index in [9.17, 15) is 15.4 Å². The number of hydrogen-bond donors (Lipinski definition) is 0. The molecular weight excluding hydrogens is 296 g/mol. The molecule has 0 aliphatic carbocycles. The van der Waals surface area contributed by atoms with Crippen molar-refractivity contribution in [3.63, 3.8) is 0 Å². The van der Waals surface area contributed by atoms with E-state index < -0.39 is 10.8 Å². The van der Waals surface area contributed by atoms with Gasteiger partial charge in [0.15, 0.2) is 5.82 Å². The van der Waals surface area contributed by atoms with E-state index in [1.54, 1.807) is 0 Å². The Kier molecular flexibility index (Phi) is 3.76. The minimum Gasteiger partial charge on any atom is -0.258 e. The second-order valence-electron chi connectivity index (χ2n) is 4.70. The summed E-state index contributed by atoms with van der Waals surface area (Å²) in [6, 6.07) is 17.1. The maximum Gasteiger partial charge on any atom is 0.269 e. The Balaban J connectivity index is 2.01. The quantitative estimate of drug-likeness (QED) is 0.540. The van der Waals surface area contributed by atoms with Crippen molar-refractivity contribution in [2.75, 3.05) is 0 Å². The Morgan fingerprint density at radius 2 is 1.83 bits per heavy atom. The SMILES string of the molecule is N#CC(c1ccc([N+](=O)[O-])cc1)c1nnnn1-c1ccccc1. The van der Waals surface area contributed by atoms with Crippen LogP contribution in [0.5, 0.6) is 0 Å². The number of nitriles is 1. The number of nitro groups is 1. The first kappa shape index (κ1) is 14.3. The Morgan fingerprint density at radius 3 is 2.43 bits per heavy atom. The van der Waals surface area contributed by atoms with Gasteiger partial charge >= 0.3 is 0 Å². The first-order valence-corrected chi connectivity index (χ1v) is 6.68. The zero-order valence-corrected chi connectivity index (χ0v) is 11.8. The van der Waals surface area contributed by atoms with Gasteiger partial charge in [-0.3, -0.25) is 10.1 Å². The van der Waals surface area contributed by atoms with Crippen LogP contribution >= 0.6 is 0 Å². The third-order valence-electron chi connectivity index (χ3n) is 3.32. The number of nitrogens with zero attached hydrogens (tertiary/aromatic N) is 6. The summed E-state index contributed by atoms with van der Waals surface area (Å²) in [5, 5.41) is 31.7. The summed E-state index contributed by atoms with van der Waals surface area (Å²) in [4.78, 5) is 10.2. The predicted octanol–water partition coefficient (Wildman–Crippen LogP) is 2.23. The topological polar surface area (TPSA) is 111 Å². The van der Waals surface area contributed by atoms with Gasteiger partial charge in [0, 0.05) is 12.1 Å². The van der Waals surface area contributed by atoms with Crippen LogP contribution < -0.4 is 0 Å². The van der Waals surface area contributed by atoms with Gasteiger partial charge in [-0.1, -0.05) is 30.3 Å². The van der Waals surface area contributed by atoms with Crippen LogP contribution in [-0.4, -0.2) is 25.1 Å². The van der Waals surface area contributed by atoms with Crippen molar-refractivity contribution >= 4 is 5.69 Å². The molecule has 0 aliphatic heterocycles. The van der Waals surface area contributed by atoms with E-state index in [0.717, 1.165) is 5.69 Å². The number of rotatable bonds is 4. The number of hydrogen-bond acceptors (Lipinski definition) is 6. The van der Waals surface area contributed by atoms with Crippen LogP contribution in [0, 0.1) is 21.4 Å². The first-order chi connectivity index (χ1) is 11.2. The average Bonchev–Trinajstić information content (AvgIpc) is 3.06. The molecule has 8 heteroatoms. The summed E-state index contributed by atoms with van der Waals surface area (Å²) in [6.45, 7) is 0. The molecule has 0 radical (unpaired) electrons. The summed E-state index contributed by atoms with van der Waals surface area (Å²) < 4.78 is 1.48. The van der Waals surface area contributed by atoms with Crippen molar-refractivity contribution < 1.29 is 4.92 Å². The summed E-state index contributed by atoms with van der Waals surface area (Å²) in [5.41, 5.74) is 1.29. The van der Waals surface area contributed by atoms with E-state index in [0.29, 0.717) is 11.4 Å². The fraction of sp³-hybridized carbons (Fsp3) is 0.0667. The lowest BCUT2D eigenvalue weighted by Crippen LogP contribution is -2.09. The molecule has 1 atom stereocenters. The highest BCUT2D eigenvalue weighted by Crippen LogP contribution is 2.25.